The Balaban J connectivity index is 0. The summed E-state index contributed by atoms with van der Waals surface area (Å²) in [6, 6.07) is 19.5. The van der Waals surface area contributed by atoms with Crippen molar-refractivity contribution in [2.75, 3.05) is 39.6 Å². The molecule has 0 aliphatic heterocycles. The first-order valence-corrected chi connectivity index (χ1v) is 10.5. The molecule has 0 unspecified atom stereocenters. The molecule has 0 aliphatic carbocycles. The predicted molar refractivity (Wildman–Crippen MR) is 122 cm³/mol. The summed E-state index contributed by atoms with van der Waals surface area (Å²) in [5.41, 5.74) is 0. The van der Waals surface area contributed by atoms with Gasteiger partial charge in [-0.05, 0) is 37.1 Å². The number of rotatable bonds is 10. The zero-order valence-electron chi connectivity index (χ0n) is 18.4. The second kappa shape index (κ2) is 27.0. The maximum absolute atomic E-state index is 7.62. The molecule has 0 fully saturated rings. The molecule has 0 saturated carbocycles. The van der Waals surface area contributed by atoms with Crippen molar-refractivity contribution in [2.24, 2.45) is 0 Å². The van der Waals surface area contributed by atoms with Crippen LogP contribution in [0.1, 0.15) is 39.5 Å². The number of ether oxygens (including phenoxy) is 2. The van der Waals surface area contributed by atoms with Crippen molar-refractivity contribution in [3.05, 3.63) is 60.7 Å². The highest BCUT2D eigenvalue weighted by Gasteiger charge is 1.92. The van der Waals surface area contributed by atoms with Gasteiger partial charge in [0.1, 0.15) is 11.5 Å². The Kier molecular flexibility index (Phi) is 27.3. The van der Waals surface area contributed by atoms with E-state index >= 15 is 0 Å². The van der Waals surface area contributed by atoms with Gasteiger partial charge in [0.2, 0.25) is 0 Å². The number of aliphatic hydroxyl groups excluding tert-OH is 4. The molecule has 2 rings (SSSR count). The molecule has 172 valence electrons. The molecule has 0 amide bonds. The zero-order valence-corrected chi connectivity index (χ0v) is 18.4. The monoisotopic (exact) mass is 424 g/mol. The number of para-hydroxylation sites is 2. The second-order valence-corrected chi connectivity index (χ2v) is 5.94. The molecule has 0 saturated heterocycles. The van der Waals surface area contributed by atoms with E-state index in [4.69, 9.17) is 29.9 Å². The first-order chi connectivity index (χ1) is 14.7. The smallest absolute Gasteiger partial charge is 0.127 e. The maximum atomic E-state index is 7.62. The summed E-state index contributed by atoms with van der Waals surface area (Å²) < 4.78 is 10.9. The third kappa shape index (κ3) is 24.1. The number of hydrogen-bond donors (Lipinski definition) is 4. The van der Waals surface area contributed by atoms with Gasteiger partial charge < -0.3 is 29.9 Å². The van der Waals surface area contributed by atoms with Gasteiger partial charge in [-0.2, -0.15) is 0 Å². The van der Waals surface area contributed by atoms with E-state index in [9.17, 15) is 0 Å². The second-order valence-electron chi connectivity index (χ2n) is 5.94. The van der Waals surface area contributed by atoms with E-state index in [1.807, 2.05) is 60.7 Å². The Bertz CT molecular complexity index is 470. The molecule has 0 radical (unpaired) electrons. The summed E-state index contributed by atoms with van der Waals surface area (Å²) in [6.07, 6.45) is 4.91. The van der Waals surface area contributed by atoms with Crippen LogP contribution in [0.2, 0.25) is 0 Å². The van der Waals surface area contributed by atoms with Crippen LogP contribution >= 0.6 is 0 Å². The summed E-state index contributed by atoms with van der Waals surface area (Å²) in [6.45, 7) is 5.78. The zero-order chi connectivity index (χ0) is 22.7. The predicted octanol–water partition coefficient (Wildman–Crippen LogP) is 4.02. The Hall–Kier alpha value is -1.96. The number of benzene rings is 2. The average molecular weight is 425 g/mol. The Morgan fingerprint density at radius 1 is 0.567 bits per heavy atom. The molecule has 0 bridgehead atoms. The number of unbranched alkanes of at least 4 members (excludes halogenated alkanes) is 2. The fourth-order valence-corrected chi connectivity index (χ4v) is 1.71. The highest BCUT2D eigenvalue weighted by atomic mass is 16.5. The first-order valence-electron chi connectivity index (χ1n) is 10.5. The fourth-order valence-electron chi connectivity index (χ4n) is 1.71. The summed E-state index contributed by atoms with van der Waals surface area (Å²) >= 11 is 0. The molecule has 6 nitrogen and oxygen atoms in total. The standard InChI is InChI=1S/C12H10O.C8H18O.2C2H6O2/c1-3-7-11(8-4-1)13-12-9-5-2-6-10-12;1-3-5-7-9-8-6-4-2;2*3-1-2-4/h1-10H;3-8H2,1-2H3;2*3-4H,1-2H2. The van der Waals surface area contributed by atoms with Crippen molar-refractivity contribution in [3.8, 4) is 11.5 Å². The number of aliphatic hydroxyl groups is 4. The Morgan fingerprint density at radius 2 is 0.900 bits per heavy atom. The molecule has 6 heteroatoms. The molecule has 0 atom stereocenters. The van der Waals surface area contributed by atoms with Gasteiger partial charge in [0.25, 0.3) is 0 Å². The minimum Gasteiger partial charge on any atom is -0.457 e. The van der Waals surface area contributed by atoms with Crippen molar-refractivity contribution in [1.82, 2.24) is 0 Å². The van der Waals surface area contributed by atoms with Gasteiger partial charge in [0, 0.05) is 13.2 Å². The minimum atomic E-state index is -0.125. The van der Waals surface area contributed by atoms with Crippen molar-refractivity contribution < 1.29 is 29.9 Å². The third-order valence-corrected chi connectivity index (χ3v) is 3.21. The third-order valence-electron chi connectivity index (χ3n) is 3.21. The van der Waals surface area contributed by atoms with Crippen LogP contribution in [0.4, 0.5) is 0 Å². The van der Waals surface area contributed by atoms with E-state index in [-0.39, 0.29) is 26.4 Å². The summed E-state index contributed by atoms with van der Waals surface area (Å²) in [4.78, 5) is 0. The van der Waals surface area contributed by atoms with Crippen LogP contribution in [0, 0.1) is 0 Å². The van der Waals surface area contributed by atoms with Crippen LogP contribution < -0.4 is 4.74 Å². The number of hydrogen-bond acceptors (Lipinski definition) is 6. The van der Waals surface area contributed by atoms with Crippen molar-refractivity contribution in [2.45, 2.75) is 39.5 Å². The summed E-state index contributed by atoms with van der Waals surface area (Å²) in [7, 11) is 0. The molecule has 0 aromatic heterocycles. The largest absolute Gasteiger partial charge is 0.457 e. The SMILES string of the molecule is CCCCOCCCC.OCCO.OCCO.c1ccc(Oc2ccccc2)cc1. The van der Waals surface area contributed by atoms with Crippen LogP contribution in [0.5, 0.6) is 11.5 Å². The van der Waals surface area contributed by atoms with Gasteiger partial charge in [-0.3, -0.25) is 0 Å². The maximum Gasteiger partial charge on any atom is 0.127 e. The van der Waals surface area contributed by atoms with E-state index in [1.54, 1.807) is 0 Å². The molecular weight excluding hydrogens is 384 g/mol. The van der Waals surface area contributed by atoms with Crippen molar-refractivity contribution in [1.29, 1.82) is 0 Å². The van der Waals surface area contributed by atoms with Crippen molar-refractivity contribution >= 4 is 0 Å². The molecule has 30 heavy (non-hydrogen) atoms. The molecular formula is C24H40O6. The summed E-state index contributed by atoms with van der Waals surface area (Å²) in [5.74, 6) is 1.74. The van der Waals surface area contributed by atoms with Gasteiger partial charge >= 0.3 is 0 Å². The summed E-state index contributed by atoms with van der Waals surface area (Å²) in [5, 5.41) is 30.5. The quantitative estimate of drug-likeness (QED) is 0.430. The van der Waals surface area contributed by atoms with E-state index < -0.39 is 0 Å². The fraction of sp³-hybridized carbons (Fsp3) is 0.500. The van der Waals surface area contributed by atoms with Gasteiger partial charge in [-0.1, -0.05) is 63.1 Å². The lowest BCUT2D eigenvalue weighted by Gasteiger charge is -2.03. The highest BCUT2D eigenvalue weighted by Crippen LogP contribution is 2.19. The van der Waals surface area contributed by atoms with E-state index in [1.165, 1.54) is 25.7 Å². The molecule has 2 aromatic carbocycles. The molecule has 2 aromatic rings. The lowest BCUT2D eigenvalue weighted by atomic mass is 10.3. The van der Waals surface area contributed by atoms with E-state index in [0.29, 0.717) is 0 Å². The van der Waals surface area contributed by atoms with E-state index in [2.05, 4.69) is 13.8 Å². The Morgan fingerprint density at radius 3 is 1.17 bits per heavy atom. The topological polar surface area (TPSA) is 99.4 Å². The molecule has 0 heterocycles. The van der Waals surface area contributed by atoms with Crippen LogP contribution in [0.25, 0.3) is 0 Å². The molecule has 0 aliphatic rings. The van der Waals surface area contributed by atoms with E-state index in [0.717, 1.165) is 24.7 Å². The van der Waals surface area contributed by atoms with Gasteiger partial charge in [-0.15, -0.1) is 0 Å². The lowest BCUT2D eigenvalue weighted by Crippen LogP contribution is -1.95. The Labute approximate surface area is 181 Å². The minimum absolute atomic E-state index is 0.125. The molecule has 0 spiro atoms. The average Bonchev–Trinajstić information content (AvgIpc) is 2.81. The van der Waals surface area contributed by atoms with Crippen LogP contribution in [-0.4, -0.2) is 60.1 Å². The van der Waals surface area contributed by atoms with Gasteiger partial charge in [0.15, 0.2) is 0 Å². The molecule has 4 N–H and O–H groups in total. The van der Waals surface area contributed by atoms with Gasteiger partial charge in [-0.25, -0.2) is 0 Å². The van der Waals surface area contributed by atoms with Crippen LogP contribution in [0.3, 0.4) is 0 Å². The van der Waals surface area contributed by atoms with Crippen LogP contribution in [-0.2, 0) is 4.74 Å². The lowest BCUT2D eigenvalue weighted by molar-refractivity contribution is 0.128. The van der Waals surface area contributed by atoms with Crippen LogP contribution in [0.15, 0.2) is 60.7 Å². The van der Waals surface area contributed by atoms with Crippen molar-refractivity contribution in [3.63, 3.8) is 0 Å². The first kappa shape index (κ1) is 30.2. The normalized spacial score (nSPS) is 9.13. The van der Waals surface area contributed by atoms with Gasteiger partial charge in [0.05, 0.1) is 26.4 Å². The highest BCUT2D eigenvalue weighted by molar-refractivity contribution is 5.30.